The summed E-state index contributed by atoms with van der Waals surface area (Å²) in [6.07, 6.45) is 2.03. The summed E-state index contributed by atoms with van der Waals surface area (Å²) in [6, 6.07) is 6.69. The van der Waals surface area contributed by atoms with Gasteiger partial charge in [-0.05, 0) is 16.5 Å². The third-order valence-corrected chi connectivity index (χ3v) is 4.52. The zero-order valence-corrected chi connectivity index (χ0v) is 11.7. The third kappa shape index (κ3) is 2.60. The Balaban J connectivity index is 3.42. The van der Waals surface area contributed by atoms with Gasteiger partial charge in [0, 0.05) is 0 Å². The van der Waals surface area contributed by atoms with Crippen LogP contribution >= 0.6 is 0 Å². The number of benzene rings is 1. The largest absolute Gasteiger partial charge is 0.0985 e. The average molecular weight is 218 g/mol. The molecule has 0 N–H and O–H groups in total. The predicted molar refractivity (Wildman–Crippen MR) is 73.7 cm³/mol. The van der Waals surface area contributed by atoms with E-state index in [4.69, 9.17) is 0 Å². The number of rotatable bonds is 2. The van der Waals surface area contributed by atoms with Crippen LogP contribution in [0.25, 0.3) is 6.08 Å². The predicted octanol–water partition coefficient (Wildman–Crippen LogP) is 3.32. The third-order valence-electron chi connectivity index (χ3n) is 2.77. The first-order valence-electron chi connectivity index (χ1n) is 5.63. The molecule has 0 saturated carbocycles. The zero-order chi connectivity index (χ0) is 11.6. The first-order chi connectivity index (χ1) is 6.88. The normalized spacial score (nSPS) is 11.9. The number of hydrogen-bond donors (Lipinski definition) is 0. The lowest BCUT2D eigenvalue weighted by Gasteiger charge is -2.24. The Morgan fingerprint density at radius 3 is 2.20 bits per heavy atom. The van der Waals surface area contributed by atoms with Crippen LogP contribution in [0, 0.1) is 0 Å². The van der Waals surface area contributed by atoms with Gasteiger partial charge in [0.25, 0.3) is 0 Å². The lowest BCUT2D eigenvalue weighted by molar-refractivity contribution is 0.589. The van der Waals surface area contributed by atoms with Gasteiger partial charge >= 0.3 is 0 Å². The molecule has 15 heavy (non-hydrogen) atoms. The molecular formula is C14H22Si. The second-order valence-corrected chi connectivity index (χ2v) is 8.35. The van der Waals surface area contributed by atoms with Crippen molar-refractivity contribution in [2.45, 2.75) is 39.3 Å². The lowest BCUT2D eigenvalue weighted by Crippen LogP contribution is -2.28. The van der Waals surface area contributed by atoms with E-state index in [2.05, 4.69) is 58.6 Å². The Morgan fingerprint density at radius 2 is 1.80 bits per heavy atom. The van der Waals surface area contributed by atoms with E-state index >= 15 is 0 Å². The monoisotopic (exact) mass is 218 g/mol. The second-order valence-electron chi connectivity index (χ2n) is 5.42. The Kier molecular flexibility index (Phi) is 3.56. The minimum Gasteiger partial charge on any atom is -0.0985 e. The van der Waals surface area contributed by atoms with Crippen LogP contribution in [-0.2, 0) is 5.41 Å². The van der Waals surface area contributed by atoms with Gasteiger partial charge in [-0.1, -0.05) is 69.9 Å². The highest BCUT2D eigenvalue weighted by Gasteiger charge is 2.19. The van der Waals surface area contributed by atoms with Crippen LogP contribution < -0.4 is 5.19 Å². The molecule has 0 nitrogen and oxygen atoms in total. The molecule has 0 spiro atoms. The van der Waals surface area contributed by atoms with Crippen molar-refractivity contribution in [2.24, 2.45) is 0 Å². The van der Waals surface area contributed by atoms with E-state index in [1.54, 1.807) is 0 Å². The summed E-state index contributed by atoms with van der Waals surface area (Å²) < 4.78 is 0. The van der Waals surface area contributed by atoms with E-state index in [0.717, 1.165) is 0 Å². The van der Waals surface area contributed by atoms with Crippen LogP contribution in [0.15, 0.2) is 24.8 Å². The Morgan fingerprint density at radius 1 is 1.20 bits per heavy atom. The molecule has 1 aromatic carbocycles. The summed E-state index contributed by atoms with van der Waals surface area (Å²) >= 11 is 0. The highest BCUT2D eigenvalue weighted by atomic mass is 28.3. The van der Waals surface area contributed by atoms with E-state index in [-0.39, 0.29) is 5.41 Å². The van der Waals surface area contributed by atoms with Gasteiger partial charge in [0.2, 0.25) is 0 Å². The molecular weight excluding hydrogens is 196 g/mol. The SMILES string of the molecule is C=Cc1c([SiH](C)C)cccc1C(C)(C)C. The molecule has 0 fully saturated rings. The maximum absolute atomic E-state index is 3.97. The minimum atomic E-state index is -0.757. The molecule has 0 unspecified atom stereocenters. The van der Waals surface area contributed by atoms with Gasteiger partial charge in [-0.3, -0.25) is 0 Å². The molecule has 0 aromatic heterocycles. The molecule has 1 aromatic rings. The van der Waals surface area contributed by atoms with E-state index < -0.39 is 8.80 Å². The fourth-order valence-electron chi connectivity index (χ4n) is 1.97. The fraction of sp³-hybridized carbons (Fsp3) is 0.429. The van der Waals surface area contributed by atoms with Crippen LogP contribution in [0.2, 0.25) is 13.1 Å². The van der Waals surface area contributed by atoms with Crippen molar-refractivity contribution < 1.29 is 0 Å². The van der Waals surface area contributed by atoms with Crippen molar-refractivity contribution >= 4 is 20.1 Å². The van der Waals surface area contributed by atoms with Gasteiger partial charge in [0.05, 0.1) is 8.80 Å². The summed E-state index contributed by atoms with van der Waals surface area (Å²) in [6.45, 7) is 15.5. The van der Waals surface area contributed by atoms with Gasteiger partial charge in [0.15, 0.2) is 0 Å². The summed E-state index contributed by atoms with van der Waals surface area (Å²) in [7, 11) is -0.757. The van der Waals surface area contributed by atoms with Crippen molar-refractivity contribution in [3.63, 3.8) is 0 Å². The molecule has 0 aliphatic carbocycles. The van der Waals surface area contributed by atoms with Crippen molar-refractivity contribution in [1.29, 1.82) is 0 Å². The molecule has 0 heterocycles. The molecule has 82 valence electrons. The quantitative estimate of drug-likeness (QED) is 0.668. The summed E-state index contributed by atoms with van der Waals surface area (Å²) in [5.41, 5.74) is 3.02. The topological polar surface area (TPSA) is 0 Å². The molecule has 0 saturated heterocycles. The van der Waals surface area contributed by atoms with Crippen LogP contribution in [0.5, 0.6) is 0 Å². The molecule has 1 rings (SSSR count). The van der Waals surface area contributed by atoms with Gasteiger partial charge in [0.1, 0.15) is 0 Å². The highest BCUT2D eigenvalue weighted by molar-refractivity contribution is 6.71. The molecule has 0 bridgehead atoms. The standard InChI is InChI=1S/C14H22Si/c1-7-11-12(14(2,3)4)9-8-10-13(11)15(5)6/h7-10,15H,1H2,2-6H3. The average Bonchev–Trinajstić information content (AvgIpc) is 2.15. The summed E-state index contributed by atoms with van der Waals surface area (Å²) in [5.74, 6) is 0. The Hall–Kier alpha value is -0.823. The Labute approximate surface area is 95.6 Å². The maximum atomic E-state index is 3.97. The fourth-order valence-corrected chi connectivity index (χ4v) is 3.36. The van der Waals surface area contributed by atoms with Crippen LogP contribution in [-0.4, -0.2) is 8.80 Å². The highest BCUT2D eigenvalue weighted by Crippen LogP contribution is 2.25. The number of hydrogen-bond acceptors (Lipinski definition) is 0. The smallest absolute Gasteiger partial charge is 0.0655 e. The van der Waals surface area contributed by atoms with Gasteiger partial charge in [-0.25, -0.2) is 0 Å². The first kappa shape index (κ1) is 12.2. The van der Waals surface area contributed by atoms with Gasteiger partial charge in [-0.2, -0.15) is 0 Å². The molecule has 0 aliphatic rings. The summed E-state index contributed by atoms with van der Waals surface area (Å²) in [5, 5.41) is 1.54. The minimum absolute atomic E-state index is 0.211. The molecule has 0 atom stereocenters. The maximum Gasteiger partial charge on any atom is 0.0655 e. The van der Waals surface area contributed by atoms with Crippen LogP contribution in [0.4, 0.5) is 0 Å². The van der Waals surface area contributed by atoms with Crippen molar-refractivity contribution in [1.82, 2.24) is 0 Å². The van der Waals surface area contributed by atoms with E-state index in [9.17, 15) is 0 Å². The zero-order valence-electron chi connectivity index (χ0n) is 10.6. The van der Waals surface area contributed by atoms with Crippen molar-refractivity contribution in [3.8, 4) is 0 Å². The summed E-state index contributed by atoms with van der Waals surface area (Å²) in [4.78, 5) is 0. The van der Waals surface area contributed by atoms with Crippen LogP contribution in [0.1, 0.15) is 31.9 Å². The van der Waals surface area contributed by atoms with Crippen molar-refractivity contribution in [2.75, 3.05) is 0 Å². The lowest BCUT2D eigenvalue weighted by atomic mass is 9.84. The molecule has 0 aliphatic heterocycles. The molecule has 0 radical (unpaired) electrons. The van der Waals surface area contributed by atoms with Gasteiger partial charge < -0.3 is 0 Å². The van der Waals surface area contributed by atoms with Gasteiger partial charge in [-0.15, -0.1) is 0 Å². The molecule has 1 heteroatoms. The van der Waals surface area contributed by atoms with Crippen LogP contribution in [0.3, 0.4) is 0 Å². The second kappa shape index (κ2) is 4.36. The van der Waals surface area contributed by atoms with Crippen molar-refractivity contribution in [3.05, 3.63) is 35.9 Å². The Bertz CT molecular complexity index is 356. The molecule has 0 amide bonds. The first-order valence-corrected chi connectivity index (χ1v) is 8.52. The van der Waals surface area contributed by atoms with E-state index in [1.165, 1.54) is 16.3 Å². The van der Waals surface area contributed by atoms with E-state index in [0.29, 0.717) is 0 Å². The van der Waals surface area contributed by atoms with E-state index in [1.807, 2.05) is 6.08 Å².